The number of fused-ring (bicyclic) bond motifs is 5. The van der Waals surface area contributed by atoms with Crippen molar-refractivity contribution in [1.82, 2.24) is 0 Å². The zero-order chi connectivity index (χ0) is 21.8. The molecule has 0 bridgehead atoms. The van der Waals surface area contributed by atoms with Crippen LogP contribution in [0.5, 0.6) is 0 Å². The minimum absolute atomic E-state index is 0.0577. The zero-order valence-electron chi connectivity index (χ0n) is 20.3. The van der Waals surface area contributed by atoms with E-state index in [1.54, 1.807) is 0 Å². The lowest BCUT2D eigenvalue weighted by Crippen LogP contribution is -2.58. The molecule has 0 saturated heterocycles. The Kier molecular flexibility index (Phi) is 6.10. The van der Waals surface area contributed by atoms with Gasteiger partial charge >= 0.3 is 5.97 Å². The van der Waals surface area contributed by atoms with Crippen LogP contribution in [0.15, 0.2) is 0 Å². The number of carbonyl (C=O) groups is 1. The average molecular weight is 419 g/mol. The van der Waals surface area contributed by atoms with Gasteiger partial charge in [-0.15, -0.1) is 0 Å². The molecule has 5 unspecified atom stereocenters. The normalized spacial score (nSPS) is 51.4. The molecule has 0 amide bonds. The maximum atomic E-state index is 11.7. The summed E-state index contributed by atoms with van der Waals surface area (Å²) in [5, 5.41) is 10.4. The van der Waals surface area contributed by atoms with Gasteiger partial charge in [0.05, 0.1) is 13.2 Å². The summed E-state index contributed by atoms with van der Waals surface area (Å²) in [5.74, 6) is 6.00. The molecular formula is C27H46O3. The molecule has 11 atom stereocenters. The molecule has 0 aliphatic heterocycles. The highest BCUT2D eigenvalue weighted by atomic mass is 16.5. The number of esters is 1. The minimum atomic E-state index is -0.0652. The molecule has 0 spiro atoms. The third-order valence-electron chi connectivity index (χ3n) is 11.4. The Morgan fingerprint density at radius 3 is 2.53 bits per heavy atom. The number of methoxy groups -OCH3 is 1. The van der Waals surface area contributed by atoms with E-state index < -0.39 is 0 Å². The summed E-state index contributed by atoms with van der Waals surface area (Å²) >= 11 is 0. The number of hydrogen-bond acceptors (Lipinski definition) is 3. The first-order chi connectivity index (χ1) is 14.1. The highest BCUT2D eigenvalue weighted by molar-refractivity contribution is 5.69. The molecule has 4 fully saturated rings. The van der Waals surface area contributed by atoms with Gasteiger partial charge in [0.15, 0.2) is 0 Å². The number of aliphatic hydroxyl groups is 1. The molecule has 1 N–H and O–H groups in total. The van der Waals surface area contributed by atoms with Crippen molar-refractivity contribution >= 4 is 5.97 Å². The van der Waals surface area contributed by atoms with Gasteiger partial charge in [0.2, 0.25) is 0 Å². The molecule has 4 aliphatic rings. The van der Waals surface area contributed by atoms with E-state index in [9.17, 15) is 9.90 Å². The first-order valence-corrected chi connectivity index (χ1v) is 12.9. The molecule has 0 aromatic carbocycles. The highest BCUT2D eigenvalue weighted by Gasteiger charge is 2.64. The van der Waals surface area contributed by atoms with Crippen molar-refractivity contribution in [3.05, 3.63) is 0 Å². The minimum Gasteiger partial charge on any atom is -0.469 e. The second-order valence-corrected chi connectivity index (χ2v) is 12.4. The van der Waals surface area contributed by atoms with Crippen molar-refractivity contribution in [2.24, 2.45) is 58.2 Å². The third kappa shape index (κ3) is 3.37. The lowest BCUT2D eigenvalue weighted by molar-refractivity contribution is -0.168. The van der Waals surface area contributed by atoms with E-state index in [0.29, 0.717) is 29.1 Å². The second kappa shape index (κ2) is 8.09. The van der Waals surface area contributed by atoms with Gasteiger partial charge in [-0.2, -0.15) is 0 Å². The highest BCUT2D eigenvalue weighted by Crippen LogP contribution is 2.70. The van der Waals surface area contributed by atoms with Crippen LogP contribution in [-0.4, -0.2) is 24.3 Å². The number of hydrogen-bond donors (Lipinski definition) is 1. The summed E-state index contributed by atoms with van der Waals surface area (Å²) in [7, 11) is 1.51. The molecule has 0 aromatic rings. The number of aliphatic hydroxyl groups excluding tert-OH is 1. The first-order valence-electron chi connectivity index (χ1n) is 12.9. The molecule has 30 heavy (non-hydrogen) atoms. The molecule has 3 nitrogen and oxygen atoms in total. The number of ether oxygens (including phenoxy) is 1. The zero-order valence-corrected chi connectivity index (χ0v) is 20.3. The van der Waals surface area contributed by atoms with E-state index in [4.69, 9.17) is 4.74 Å². The number of rotatable bonds is 4. The van der Waals surface area contributed by atoms with Crippen LogP contribution in [0.2, 0.25) is 0 Å². The number of carbonyl (C=O) groups excluding carboxylic acids is 1. The smallest absolute Gasteiger partial charge is 0.305 e. The SMILES string of the molecule is COC(=O)CCC(C)[C@H]1CCC2C3C(C[C@H](C)[C@@]21C)[C@@]1(C)CC[C@@H](O)CC1C[C@H]3C. The predicted molar refractivity (Wildman–Crippen MR) is 121 cm³/mol. The Hall–Kier alpha value is -0.570. The lowest BCUT2D eigenvalue weighted by atomic mass is 9.40. The van der Waals surface area contributed by atoms with Crippen molar-refractivity contribution in [2.45, 2.75) is 98.5 Å². The van der Waals surface area contributed by atoms with Gasteiger partial charge in [-0.05, 0) is 110 Å². The van der Waals surface area contributed by atoms with Crippen molar-refractivity contribution in [3.63, 3.8) is 0 Å². The Labute approximate surface area is 184 Å². The fraction of sp³-hybridized carbons (Fsp3) is 0.963. The van der Waals surface area contributed by atoms with Gasteiger partial charge < -0.3 is 9.84 Å². The molecule has 4 rings (SSSR count). The fourth-order valence-electron chi connectivity index (χ4n) is 9.57. The van der Waals surface area contributed by atoms with Gasteiger partial charge in [-0.25, -0.2) is 0 Å². The fourth-order valence-corrected chi connectivity index (χ4v) is 9.57. The standard InChI is InChI=1S/C27H46O3/c1-16(7-10-24(29)30-6)21-8-9-22-25-17(2)13-19-15-20(28)11-12-26(19,4)23(25)14-18(3)27(21,22)5/h16-23,25,28H,7-15H2,1-6H3/t16?,17-,18+,19?,20-,21-,22?,23?,25?,26+,27-/m1/s1. The van der Waals surface area contributed by atoms with Crippen molar-refractivity contribution in [3.8, 4) is 0 Å². The van der Waals surface area contributed by atoms with Crippen LogP contribution in [0.4, 0.5) is 0 Å². The Balaban J connectivity index is 1.58. The van der Waals surface area contributed by atoms with Crippen LogP contribution in [0.25, 0.3) is 0 Å². The van der Waals surface area contributed by atoms with Crippen LogP contribution >= 0.6 is 0 Å². The van der Waals surface area contributed by atoms with Crippen LogP contribution in [0.1, 0.15) is 92.4 Å². The predicted octanol–water partition coefficient (Wildman–Crippen LogP) is 6.09. The van der Waals surface area contributed by atoms with Crippen LogP contribution in [0.3, 0.4) is 0 Å². The summed E-state index contributed by atoms with van der Waals surface area (Å²) in [4.78, 5) is 11.7. The van der Waals surface area contributed by atoms with E-state index in [2.05, 4.69) is 34.6 Å². The quantitative estimate of drug-likeness (QED) is 0.562. The first kappa shape index (κ1) is 22.6. The molecule has 0 radical (unpaired) electrons. The second-order valence-electron chi connectivity index (χ2n) is 12.4. The summed E-state index contributed by atoms with van der Waals surface area (Å²) in [5.41, 5.74) is 0.836. The van der Waals surface area contributed by atoms with E-state index >= 15 is 0 Å². The van der Waals surface area contributed by atoms with Gasteiger partial charge in [-0.3, -0.25) is 4.79 Å². The Morgan fingerprint density at radius 1 is 1.10 bits per heavy atom. The van der Waals surface area contributed by atoms with Crippen LogP contribution in [0, 0.1) is 58.2 Å². The molecule has 4 aliphatic carbocycles. The maximum Gasteiger partial charge on any atom is 0.305 e. The van der Waals surface area contributed by atoms with E-state index in [1.165, 1.54) is 39.2 Å². The summed E-state index contributed by atoms with van der Waals surface area (Å²) < 4.78 is 4.91. The Bertz CT molecular complexity index is 646. The third-order valence-corrected chi connectivity index (χ3v) is 11.4. The van der Waals surface area contributed by atoms with E-state index in [0.717, 1.165) is 54.8 Å². The van der Waals surface area contributed by atoms with Crippen molar-refractivity contribution in [1.29, 1.82) is 0 Å². The lowest BCUT2D eigenvalue weighted by Gasteiger charge is -2.64. The average Bonchev–Trinajstić information content (AvgIpc) is 3.06. The van der Waals surface area contributed by atoms with Gasteiger partial charge in [-0.1, -0.05) is 34.6 Å². The largest absolute Gasteiger partial charge is 0.469 e. The molecule has 0 aromatic heterocycles. The summed E-state index contributed by atoms with van der Waals surface area (Å²) in [6.07, 6.45) is 10.1. The van der Waals surface area contributed by atoms with Crippen LogP contribution in [-0.2, 0) is 9.53 Å². The van der Waals surface area contributed by atoms with Gasteiger partial charge in [0.25, 0.3) is 0 Å². The summed E-state index contributed by atoms with van der Waals surface area (Å²) in [6, 6.07) is 0. The van der Waals surface area contributed by atoms with Crippen LogP contribution < -0.4 is 0 Å². The summed E-state index contributed by atoms with van der Waals surface area (Å²) in [6.45, 7) is 12.7. The van der Waals surface area contributed by atoms with Gasteiger partial charge in [0.1, 0.15) is 0 Å². The molecule has 0 heterocycles. The van der Waals surface area contributed by atoms with Crippen molar-refractivity contribution in [2.75, 3.05) is 7.11 Å². The molecule has 4 saturated carbocycles. The van der Waals surface area contributed by atoms with E-state index in [1.807, 2.05) is 0 Å². The topological polar surface area (TPSA) is 46.5 Å². The maximum absolute atomic E-state index is 11.7. The molecule has 172 valence electrons. The molecule has 3 heteroatoms. The van der Waals surface area contributed by atoms with Gasteiger partial charge in [0, 0.05) is 6.42 Å². The Morgan fingerprint density at radius 2 is 1.83 bits per heavy atom. The molecular weight excluding hydrogens is 372 g/mol. The van der Waals surface area contributed by atoms with Crippen molar-refractivity contribution < 1.29 is 14.6 Å². The monoisotopic (exact) mass is 418 g/mol. The van der Waals surface area contributed by atoms with E-state index in [-0.39, 0.29) is 12.1 Å².